The van der Waals surface area contributed by atoms with E-state index >= 15 is 0 Å². The van der Waals surface area contributed by atoms with Gasteiger partial charge in [0.1, 0.15) is 0 Å². The Morgan fingerprint density at radius 3 is 0.727 bits per heavy atom. The van der Waals surface area contributed by atoms with Crippen molar-refractivity contribution in [2.75, 3.05) is 0 Å². The molecule has 0 fully saturated rings. The largest absolute Gasteiger partial charge is 0.375 e. The van der Waals surface area contributed by atoms with Crippen molar-refractivity contribution in [2.45, 2.75) is 7.64 Å². The smallest absolute Gasteiger partial charge is 0.284 e. The minimum Gasteiger partial charge on any atom is -0.284 e. The van der Waals surface area contributed by atoms with Gasteiger partial charge in [0, 0.05) is 0 Å². The fourth-order valence-corrected chi connectivity index (χ4v) is 24.8. The van der Waals surface area contributed by atoms with E-state index < -0.39 is 64.0 Å². The van der Waals surface area contributed by atoms with Crippen LogP contribution < -0.4 is 21.2 Å². The summed E-state index contributed by atoms with van der Waals surface area (Å²) in [6, 6.07) is 26.5. The van der Waals surface area contributed by atoms with Gasteiger partial charge in [-0.3, -0.25) is 18.2 Å². The molecule has 0 amide bonds. The highest BCUT2D eigenvalue weighted by molar-refractivity contribution is 8.26. The zero-order valence-electron chi connectivity index (χ0n) is 22.1. The predicted octanol–water partition coefficient (Wildman–Crippen LogP) is 2.11. The van der Waals surface area contributed by atoms with Crippen LogP contribution in [0.3, 0.4) is 0 Å². The van der Waals surface area contributed by atoms with Crippen molar-refractivity contribution >= 4 is 77.5 Å². The van der Waals surface area contributed by atoms with Crippen LogP contribution in [0.15, 0.2) is 121 Å². The van der Waals surface area contributed by atoms with E-state index in [0.717, 1.165) is 0 Å². The van der Waals surface area contributed by atoms with Crippen molar-refractivity contribution < 1.29 is 51.9 Å². The third-order valence-corrected chi connectivity index (χ3v) is 24.3. The average Bonchev–Trinajstić information content (AvgIpc) is 2.93. The normalized spacial score (nSPS) is 13.7. The summed E-state index contributed by atoms with van der Waals surface area (Å²) in [6.45, 7) is 0. The van der Waals surface area contributed by atoms with Crippen LogP contribution in [0.2, 0.25) is 0 Å². The van der Waals surface area contributed by atoms with E-state index in [-0.39, 0.29) is 21.2 Å². The lowest BCUT2D eigenvalue weighted by molar-refractivity contribution is 0.411. The van der Waals surface area contributed by atoms with Gasteiger partial charge in [-0.1, -0.05) is 121 Å². The van der Waals surface area contributed by atoms with Crippen molar-refractivity contribution in [3.05, 3.63) is 121 Å². The van der Waals surface area contributed by atoms with Crippen molar-refractivity contribution in [1.82, 2.24) is 0 Å². The summed E-state index contributed by atoms with van der Waals surface area (Å²) < 4.78 is 143. The van der Waals surface area contributed by atoms with Gasteiger partial charge < -0.3 is 0 Å². The summed E-state index contributed by atoms with van der Waals surface area (Å²) in [4.78, 5) is 0. The Kier molecular flexibility index (Phi) is 9.57. The molecule has 0 aliphatic carbocycles. The second-order valence-corrected chi connectivity index (χ2v) is 21.8. The van der Waals surface area contributed by atoms with E-state index in [2.05, 4.69) is 0 Å². The Hall–Kier alpha value is -2.62. The fraction of sp³-hybridized carbons (Fsp3) is 0.0769. The van der Waals surface area contributed by atoms with Crippen LogP contribution in [0.5, 0.6) is 0 Å². The van der Waals surface area contributed by atoms with Crippen LogP contribution in [0, 0.1) is 0 Å². The van der Waals surface area contributed by atoms with Gasteiger partial charge in [-0.2, -0.15) is 33.7 Å². The Morgan fingerprint density at radius 1 is 0.364 bits per heavy atom. The average molecular weight is 719 g/mol. The molecule has 44 heavy (non-hydrogen) atoms. The first-order chi connectivity index (χ1) is 20.4. The van der Waals surface area contributed by atoms with Crippen LogP contribution in [0.4, 0.5) is 0 Å². The minimum absolute atomic E-state index is 0.203. The van der Waals surface area contributed by atoms with E-state index in [1.807, 2.05) is 0 Å². The third-order valence-electron chi connectivity index (χ3n) is 6.44. The molecule has 0 radical (unpaired) electrons. The second kappa shape index (κ2) is 12.3. The summed E-state index contributed by atoms with van der Waals surface area (Å²) in [5.74, 6) is 0. The molecule has 0 saturated carbocycles. The van der Waals surface area contributed by atoms with E-state index in [0.29, 0.717) is 0 Å². The Morgan fingerprint density at radius 2 is 0.568 bits per heavy atom. The summed E-state index contributed by atoms with van der Waals surface area (Å²) in [5.41, 5.74) is 0. The maximum absolute atomic E-state index is 14.3. The third kappa shape index (κ3) is 5.53. The molecule has 4 N–H and O–H groups in total. The van der Waals surface area contributed by atoms with Crippen molar-refractivity contribution in [3.8, 4) is 0 Å². The highest BCUT2D eigenvalue weighted by Gasteiger charge is 2.86. The minimum atomic E-state index is -6.99. The predicted molar refractivity (Wildman–Crippen MR) is 170 cm³/mol. The topological polar surface area (TPSA) is 217 Å². The van der Waals surface area contributed by atoms with Crippen LogP contribution in [-0.4, -0.2) is 59.5 Å². The molecule has 0 spiro atoms. The SMILES string of the molecule is O=S(=O)(O)C(P(c1ccccc1)c1ccccc1)(P(c1ccccc1)c1ccccc1)C(S(=O)(=O)O)(S(=O)(=O)O)S(=O)(=O)O. The molecule has 18 heteroatoms. The van der Waals surface area contributed by atoms with Gasteiger partial charge in [0.15, 0.2) is 0 Å². The Bertz CT molecular complexity index is 1820. The molecule has 0 heterocycles. The highest BCUT2D eigenvalue weighted by atomic mass is 32.3. The lowest BCUT2D eigenvalue weighted by Gasteiger charge is -2.50. The van der Waals surface area contributed by atoms with Gasteiger partial charge in [-0.05, 0) is 37.1 Å². The Labute approximate surface area is 257 Å². The van der Waals surface area contributed by atoms with Gasteiger partial charge in [0.05, 0.1) is 0 Å². The second-order valence-electron chi connectivity index (χ2n) is 9.08. The summed E-state index contributed by atoms with van der Waals surface area (Å²) in [5, 5.41) is -0.811. The van der Waals surface area contributed by atoms with E-state index in [4.69, 9.17) is 0 Å². The standard InChI is InChI=1S/C26H24O12P2S4/c27-41(28,29)25(26(42(30,31)32,43(33,34)35)44(36,37)38,39(21-13-5-1-6-14-21)22-15-7-2-8-16-22)40(23-17-9-3-10-18-23)24-19-11-4-12-20-24/h1-20H,(H,27,28,29)(H,30,31,32)(H,33,34,35)(H,36,37,38). The van der Waals surface area contributed by atoms with Crippen molar-refractivity contribution in [3.63, 3.8) is 0 Å². The number of hydrogen-bond acceptors (Lipinski definition) is 8. The molecule has 0 atom stereocenters. The first-order valence-electron chi connectivity index (χ1n) is 12.1. The molecule has 0 saturated heterocycles. The van der Waals surface area contributed by atoms with Crippen molar-refractivity contribution in [1.29, 1.82) is 0 Å². The molecule has 4 aromatic rings. The molecular formula is C26H24O12P2S4. The molecule has 4 aromatic carbocycles. The van der Waals surface area contributed by atoms with Crippen LogP contribution in [0.25, 0.3) is 0 Å². The van der Waals surface area contributed by atoms with Gasteiger partial charge in [-0.15, -0.1) is 0 Å². The summed E-state index contributed by atoms with van der Waals surface area (Å²) in [6.07, 6.45) is 0. The van der Waals surface area contributed by atoms with Crippen molar-refractivity contribution in [2.24, 2.45) is 0 Å². The zero-order chi connectivity index (χ0) is 32.6. The number of rotatable bonds is 11. The molecule has 0 aromatic heterocycles. The van der Waals surface area contributed by atoms with Gasteiger partial charge in [-0.25, -0.2) is 0 Å². The molecule has 0 aliphatic rings. The van der Waals surface area contributed by atoms with E-state index in [1.54, 1.807) is 0 Å². The number of hydrogen-bond donors (Lipinski definition) is 4. The molecule has 4 rings (SSSR count). The molecule has 0 unspecified atom stereocenters. The molecule has 12 nitrogen and oxygen atoms in total. The van der Waals surface area contributed by atoms with Gasteiger partial charge in [0.2, 0.25) is 4.23 Å². The monoisotopic (exact) mass is 718 g/mol. The summed E-state index contributed by atoms with van der Waals surface area (Å²) in [7, 11) is -34.2. The lowest BCUT2D eigenvalue weighted by atomic mass is 10.4. The van der Waals surface area contributed by atoms with Crippen LogP contribution in [-0.2, 0) is 40.5 Å². The number of benzene rings is 4. The van der Waals surface area contributed by atoms with Gasteiger partial charge in [0.25, 0.3) is 10.1 Å². The van der Waals surface area contributed by atoms with E-state index in [9.17, 15) is 51.9 Å². The molecular weight excluding hydrogens is 694 g/mol. The Balaban J connectivity index is 2.56. The first kappa shape index (κ1) is 34.3. The maximum atomic E-state index is 14.3. The van der Waals surface area contributed by atoms with Gasteiger partial charge >= 0.3 is 33.8 Å². The lowest BCUT2D eigenvalue weighted by Crippen LogP contribution is -2.70. The molecule has 234 valence electrons. The molecule has 0 bridgehead atoms. The van der Waals surface area contributed by atoms with E-state index in [1.165, 1.54) is 121 Å². The first-order valence-corrected chi connectivity index (χ1v) is 20.6. The fourth-order valence-electron chi connectivity index (χ4n) is 4.97. The maximum Gasteiger partial charge on any atom is 0.375 e. The molecule has 0 aliphatic heterocycles. The zero-order valence-corrected chi connectivity index (χ0v) is 27.2. The van der Waals surface area contributed by atoms with Crippen LogP contribution in [0.1, 0.15) is 0 Å². The quantitative estimate of drug-likeness (QED) is 0.130. The highest BCUT2D eigenvalue weighted by Crippen LogP contribution is 2.74. The summed E-state index contributed by atoms with van der Waals surface area (Å²) >= 11 is 0. The van der Waals surface area contributed by atoms with Crippen LogP contribution >= 0.6 is 15.8 Å².